The number of amides is 1. The van der Waals surface area contributed by atoms with Gasteiger partial charge in [-0.05, 0) is 68.7 Å². The molecule has 0 aliphatic rings. The van der Waals surface area contributed by atoms with E-state index < -0.39 is 18.0 Å². The maximum Gasteiger partial charge on any atom is 0.307 e. The van der Waals surface area contributed by atoms with E-state index in [1.165, 1.54) is 6.92 Å². The number of ketones is 1. The molecule has 2 aromatic rings. The number of anilines is 1. The van der Waals surface area contributed by atoms with Crippen LogP contribution in [0.1, 0.15) is 54.6 Å². The molecule has 1 N–H and O–H groups in total. The van der Waals surface area contributed by atoms with Gasteiger partial charge in [0, 0.05) is 17.7 Å². The number of benzene rings is 2. The molecule has 6 nitrogen and oxygen atoms in total. The van der Waals surface area contributed by atoms with Gasteiger partial charge < -0.3 is 14.8 Å². The fraction of sp³-hybridized carbons (Fsp3) is 0.375. The van der Waals surface area contributed by atoms with Gasteiger partial charge in [0.05, 0.1) is 13.0 Å². The normalized spacial score (nSPS) is 11.5. The zero-order valence-electron chi connectivity index (χ0n) is 18.0. The molecule has 30 heavy (non-hydrogen) atoms. The molecule has 0 aromatic heterocycles. The molecule has 0 fully saturated rings. The van der Waals surface area contributed by atoms with Crippen LogP contribution in [0.3, 0.4) is 0 Å². The van der Waals surface area contributed by atoms with Crippen molar-refractivity contribution in [3.05, 3.63) is 59.2 Å². The van der Waals surface area contributed by atoms with Crippen LogP contribution in [0.5, 0.6) is 5.75 Å². The van der Waals surface area contributed by atoms with Crippen molar-refractivity contribution in [1.29, 1.82) is 0 Å². The highest BCUT2D eigenvalue weighted by Gasteiger charge is 2.19. The van der Waals surface area contributed by atoms with Crippen LogP contribution in [0.4, 0.5) is 5.69 Å². The van der Waals surface area contributed by atoms with E-state index in [-0.39, 0.29) is 18.6 Å². The summed E-state index contributed by atoms with van der Waals surface area (Å²) in [6.07, 6.45) is -0.125. The number of carbonyl (C=O) groups excluding carboxylic acids is 3. The summed E-state index contributed by atoms with van der Waals surface area (Å²) in [5, 5.41) is 2.77. The van der Waals surface area contributed by atoms with E-state index in [1.54, 1.807) is 24.3 Å². The minimum atomic E-state index is -0.956. The van der Waals surface area contributed by atoms with Crippen molar-refractivity contribution < 1.29 is 23.9 Å². The first-order valence-electron chi connectivity index (χ1n) is 10.1. The molecule has 0 saturated carbocycles. The molecule has 1 atom stereocenters. The maximum atomic E-state index is 12.3. The van der Waals surface area contributed by atoms with Gasteiger partial charge in [-0.1, -0.05) is 19.1 Å². The van der Waals surface area contributed by atoms with Crippen molar-refractivity contribution in [2.45, 2.75) is 53.1 Å². The molecule has 2 aromatic carbocycles. The van der Waals surface area contributed by atoms with E-state index in [4.69, 9.17) is 9.47 Å². The van der Waals surface area contributed by atoms with E-state index in [0.717, 1.165) is 17.5 Å². The first-order valence-corrected chi connectivity index (χ1v) is 10.1. The number of nitrogens with one attached hydrogen (secondary N) is 1. The summed E-state index contributed by atoms with van der Waals surface area (Å²) in [5.74, 6) is -0.459. The predicted octanol–water partition coefficient (Wildman–Crippen LogP) is 4.63. The van der Waals surface area contributed by atoms with Crippen molar-refractivity contribution in [3.63, 3.8) is 0 Å². The second kappa shape index (κ2) is 11.1. The molecule has 0 spiro atoms. The Labute approximate surface area is 177 Å². The smallest absolute Gasteiger partial charge is 0.307 e. The second-order valence-corrected chi connectivity index (χ2v) is 7.24. The fourth-order valence-electron chi connectivity index (χ4n) is 2.73. The lowest BCUT2D eigenvalue weighted by molar-refractivity contribution is -0.153. The standard InChI is InChI=1S/C24H29NO5/c1-5-14-29-20-10-8-19(9-11-20)22(26)12-13-23(27)30-18(4)24(28)25-21-15-16(2)6-7-17(21)3/h6-11,15,18H,5,12-14H2,1-4H3,(H,25,28). The Morgan fingerprint density at radius 1 is 1.00 bits per heavy atom. The van der Waals surface area contributed by atoms with E-state index in [0.29, 0.717) is 23.6 Å². The number of aryl methyl sites for hydroxylation is 2. The largest absolute Gasteiger partial charge is 0.494 e. The van der Waals surface area contributed by atoms with Gasteiger partial charge in [0.1, 0.15) is 5.75 Å². The lowest BCUT2D eigenvalue weighted by atomic mass is 10.1. The second-order valence-electron chi connectivity index (χ2n) is 7.24. The Hall–Kier alpha value is -3.15. The zero-order chi connectivity index (χ0) is 22.1. The van der Waals surface area contributed by atoms with E-state index >= 15 is 0 Å². The Morgan fingerprint density at radius 2 is 1.70 bits per heavy atom. The summed E-state index contributed by atoms with van der Waals surface area (Å²) in [4.78, 5) is 36.7. The van der Waals surface area contributed by atoms with Crippen molar-refractivity contribution in [1.82, 2.24) is 0 Å². The number of esters is 1. The van der Waals surface area contributed by atoms with Crippen LogP contribution >= 0.6 is 0 Å². The van der Waals surface area contributed by atoms with Gasteiger partial charge in [-0.25, -0.2) is 0 Å². The molecule has 0 saturated heterocycles. The maximum absolute atomic E-state index is 12.3. The Balaban J connectivity index is 1.81. The van der Waals surface area contributed by atoms with E-state index in [2.05, 4.69) is 5.32 Å². The first kappa shape index (κ1) is 23.1. The Morgan fingerprint density at radius 3 is 2.37 bits per heavy atom. The van der Waals surface area contributed by atoms with Crippen molar-refractivity contribution in [2.75, 3.05) is 11.9 Å². The lowest BCUT2D eigenvalue weighted by Gasteiger charge is -2.15. The molecule has 160 valence electrons. The predicted molar refractivity (Wildman–Crippen MR) is 116 cm³/mol. The van der Waals surface area contributed by atoms with E-state index in [9.17, 15) is 14.4 Å². The summed E-state index contributed by atoms with van der Waals surface area (Å²) in [7, 11) is 0. The minimum absolute atomic E-state index is 0.0132. The topological polar surface area (TPSA) is 81.7 Å². The third-order valence-electron chi connectivity index (χ3n) is 4.53. The zero-order valence-corrected chi connectivity index (χ0v) is 18.0. The van der Waals surface area contributed by atoms with Crippen LogP contribution < -0.4 is 10.1 Å². The SMILES string of the molecule is CCCOc1ccc(C(=O)CCC(=O)OC(C)C(=O)Nc2cc(C)ccc2C)cc1. The van der Waals surface area contributed by atoms with Crippen LogP contribution in [-0.2, 0) is 14.3 Å². The number of carbonyl (C=O) groups is 3. The van der Waals surface area contributed by atoms with Gasteiger partial charge in [-0.15, -0.1) is 0 Å². The highest BCUT2D eigenvalue weighted by Crippen LogP contribution is 2.17. The molecule has 1 amide bonds. The van der Waals surface area contributed by atoms with Gasteiger partial charge in [-0.2, -0.15) is 0 Å². The number of Topliss-reactive ketones (excluding diaryl/α,β-unsaturated/α-hetero) is 1. The van der Waals surface area contributed by atoms with Gasteiger partial charge in [0.2, 0.25) is 0 Å². The van der Waals surface area contributed by atoms with Crippen LogP contribution in [-0.4, -0.2) is 30.4 Å². The molecule has 6 heteroatoms. The number of hydrogen-bond acceptors (Lipinski definition) is 5. The monoisotopic (exact) mass is 411 g/mol. The quantitative estimate of drug-likeness (QED) is 0.455. The van der Waals surface area contributed by atoms with Gasteiger partial charge in [-0.3, -0.25) is 14.4 Å². The first-order chi connectivity index (χ1) is 14.3. The van der Waals surface area contributed by atoms with Crippen LogP contribution in [0.15, 0.2) is 42.5 Å². The average Bonchev–Trinajstić information content (AvgIpc) is 2.73. The Kier molecular flexibility index (Phi) is 8.59. The van der Waals surface area contributed by atoms with Crippen molar-refractivity contribution in [3.8, 4) is 5.75 Å². The molecular weight excluding hydrogens is 382 g/mol. The molecule has 0 aliphatic heterocycles. The molecule has 2 rings (SSSR count). The molecule has 0 radical (unpaired) electrons. The summed E-state index contributed by atoms with van der Waals surface area (Å²) in [6, 6.07) is 12.6. The third kappa shape index (κ3) is 7.03. The van der Waals surface area contributed by atoms with Gasteiger partial charge in [0.25, 0.3) is 5.91 Å². The fourth-order valence-corrected chi connectivity index (χ4v) is 2.73. The van der Waals surface area contributed by atoms with Crippen molar-refractivity contribution >= 4 is 23.3 Å². The molecule has 0 heterocycles. The van der Waals surface area contributed by atoms with Crippen LogP contribution in [0, 0.1) is 13.8 Å². The molecule has 1 unspecified atom stereocenters. The summed E-state index contributed by atoms with van der Waals surface area (Å²) >= 11 is 0. The van der Waals surface area contributed by atoms with E-state index in [1.807, 2.05) is 39.0 Å². The lowest BCUT2D eigenvalue weighted by Crippen LogP contribution is -2.30. The summed E-state index contributed by atoms with van der Waals surface area (Å²) in [5.41, 5.74) is 3.13. The number of hydrogen-bond donors (Lipinski definition) is 1. The molecular formula is C24H29NO5. The summed E-state index contributed by atoms with van der Waals surface area (Å²) < 4.78 is 10.7. The Bertz CT molecular complexity index is 889. The minimum Gasteiger partial charge on any atom is -0.494 e. The van der Waals surface area contributed by atoms with Gasteiger partial charge in [0.15, 0.2) is 11.9 Å². The molecule has 0 bridgehead atoms. The highest BCUT2D eigenvalue weighted by atomic mass is 16.5. The summed E-state index contributed by atoms with van der Waals surface area (Å²) in [6.45, 7) is 7.97. The molecule has 0 aliphatic carbocycles. The number of rotatable bonds is 10. The van der Waals surface area contributed by atoms with Gasteiger partial charge >= 0.3 is 5.97 Å². The van der Waals surface area contributed by atoms with Crippen LogP contribution in [0.25, 0.3) is 0 Å². The highest BCUT2D eigenvalue weighted by molar-refractivity contribution is 5.98. The average molecular weight is 411 g/mol. The number of ether oxygens (including phenoxy) is 2. The van der Waals surface area contributed by atoms with Crippen molar-refractivity contribution in [2.24, 2.45) is 0 Å². The third-order valence-corrected chi connectivity index (χ3v) is 4.53. The van der Waals surface area contributed by atoms with Crippen LogP contribution in [0.2, 0.25) is 0 Å².